The minimum atomic E-state index is -4.21. The molecule has 26 heavy (non-hydrogen) atoms. The smallest absolute Gasteiger partial charge is 0.330 e. The standard InChI is InChI=1S/C18H17F4NO3/c1-25-15-8-3-2-7-14(15)23-16(24)13-6-4-5-12(9-13)10-26-11-18(21,22)17(19)20/h2-9,17H,10-11H2,1H3,(H,23,24). The minimum Gasteiger partial charge on any atom is -0.495 e. The summed E-state index contributed by atoms with van der Waals surface area (Å²) in [5.74, 6) is -4.16. The highest BCUT2D eigenvalue weighted by Crippen LogP contribution is 2.25. The lowest BCUT2D eigenvalue weighted by Crippen LogP contribution is -2.32. The highest BCUT2D eigenvalue weighted by atomic mass is 19.3. The van der Waals surface area contributed by atoms with E-state index in [2.05, 4.69) is 10.1 Å². The fraction of sp³-hybridized carbons (Fsp3) is 0.278. The molecular weight excluding hydrogens is 354 g/mol. The predicted molar refractivity (Wildman–Crippen MR) is 88.0 cm³/mol. The van der Waals surface area contributed by atoms with Gasteiger partial charge in [-0.25, -0.2) is 8.78 Å². The van der Waals surface area contributed by atoms with Crippen molar-refractivity contribution in [1.82, 2.24) is 0 Å². The van der Waals surface area contributed by atoms with E-state index in [4.69, 9.17) is 4.74 Å². The SMILES string of the molecule is COc1ccccc1NC(=O)c1cccc(COCC(F)(F)C(F)F)c1. The molecule has 1 amide bonds. The van der Waals surface area contributed by atoms with Gasteiger partial charge in [-0.2, -0.15) is 8.78 Å². The number of hydrogen-bond donors (Lipinski definition) is 1. The summed E-state index contributed by atoms with van der Waals surface area (Å²) in [6.45, 7) is -1.72. The van der Waals surface area contributed by atoms with Crippen molar-refractivity contribution in [2.75, 3.05) is 19.0 Å². The van der Waals surface area contributed by atoms with Gasteiger partial charge in [-0.05, 0) is 29.8 Å². The summed E-state index contributed by atoms with van der Waals surface area (Å²) in [7, 11) is 1.47. The minimum absolute atomic E-state index is 0.262. The predicted octanol–water partition coefficient (Wildman–Crippen LogP) is 4.36. The van der Waals surface area contributed by atoms with Gasteiger partial charge < -0.3 is 14.8 Å². The third-order valence-corrected chi connectivity index (χ3v) is 3.43. The van der Waals surface area contributed by atoms with Gasteiger partial charge in [-0.15, -0.1) is 0 Å². The highest BCUT2D eigenvalue weighted by molar-refractivity contribution is 6.05. The van der Waals surface area contributed by atoms with Crippen molar-refractivity contribution in [2.24, 2.45) is 0 Å². The average molecular weight is 371 g/mol. The second-order valence-corrected chi connectivity index (χ2v) is 5.41. The van der Waals surface area contributed by atoms with Crippen LogP contribution in [-0.4, -0.2) is 32.0 Å². The number of methoxy groups -OCH3 is 1. The quantitative estimate of drug-likeness (QED) is 0.702. The van der Waals surface area contributed by atoms with Crippen LogP contribution in [0.2, 0.25) is 0 Å². The van der Waals surface area contributed by atoms with Gasteiger partial charge in [0, 0.05) is 5.56 Å². The zero-order chi connectivity index (χ0) is 19.2. The lowest BCUT2D eigenvalue weighted by Gasteiger charge is -2.15. The third-order valence-electron chi connectivity index (χ3n) is 3.43. The first kappa shape index (κ1) is 19.7. The van der Waals surface area contributed by atoms with Gasteiger partial charge in [0.1, 0.15) is 12.4 Å². The molecule has 0 heterocycles. The average Bonchev–Trinajstić information content (AvgIpc) is 2.62. The number of carbonyl (C=O) groups excluding carboxylic acids is 1. The van der Waals surface area contributed by atoms with Crippen molar-refractivity contribution in [3.8, 4) is 5.75 Å². The number of carbonyl (C=O) groups is 1. The molecule has 0 bridgehead atoms. The molecule has 0 spiro atoms. The zero-order valence-electron chi connectivity index (χ0n) is 13.8. The molecule has 0 aliphatic rings. The van der Waals surface area contributed by atoms with Crippen LogP contribution in [-0.2, 0) is 11.3 Å². The molecule has 4 nitrogen and oxygen atoms in total. The summed E-state index contributed by atoms with van der Waals surface area (Å²) < 4.78 is 59.6. The number of para-hydroxylation sites is 2. The molecule has 0 fully saturated rings. The van der Waals surface area contributed by atoms with Crippen LogP contribution >= 0.6 is 0 Å². The fourth-order valence-electron chi connectivity index (χ4n) is 2.11. The van der Waals surface area contributed by atoms with Gasteiger partial charge in [-0.1, -0.05) is 24.3 Å². The maximum atomic E-state index is 12.8. The monoisotopic (exact) mass is 371 g/mol. The molecule has 2 rings (SSSR count). The number of anilines is 1. The number of benzene rings is 2. The first-order valence-corrected chi connectivity index (χ1v) is 7.60. The van der Waals surface area contributed by atoms with E-state index in [1.165, 1.54) is 19.2 Å². The Bertz CT molecular complexity index is 753. The maximum Gasteiger partial charge on any atom is 0.330 e. The van der Waals surface area contributed by atoms with Gasteiger partial charge in [-0.3, -0.25) is 4.79 Å². The summed E-state index contributed by atoms with van der Waals surface area (Å²) in [6.07, 6.45) is -3.79. The summed E-state index contributed by atoms with van der Waals surface area (Å²) in [6, 6.07) is 12.9. The van der Waals surface area contributed by atoms with Crippen molar-refractivity contribution in [3.63, 3.8) is 0 Å². The number of ether oxygens (including phenoxy) is 2. The number of amides is 1. The molecule has 0 saturated carbocycles. The normalized spacial score (nSPS) is 11.5. The van der Waals surface area contributed by atoms with Gasteiger partial charge in [0.05, 0.1) is 19.4 Å². The molecule has 0 aromatic heterocycles. The Hall–Kier alpha value is -2.61. The van der Waals surface area contributed by atoms with Gasteiger partial charge in [0.25, 0.3) is 5.91 Å². The second kappa shape index (κ2) is 8.66. The second-order valence-electron chi connectivity index (χ2n) is 5.41. The van der Waals surface area contributed by atoms with Gasteiger partial charge in [0.2, 0.25) is 0 Å². The molecular formula is C18H17F4NO3. The molecule has 0 radical (unpaired) electrons. The molecule has 0 atom stereocenters. The number of hydrogen-bond acceptors (Lipinski definition) is 3. The van der Waals surface area contributed by atoms with E-state index in [9.17, 15) is 22.4 Å². The largest absolute Gasteiger partial charge is 0.495 e. The molecule has 0 unspecified atom stereocenters. The maximum absolute atomic E-state index is 12.8. The van der Waals surface area contributed by atoms with E-state index >= 15 is 0 Å². The van der Waals surface area contributed by atoms with Crippen LogP contribution in [0.5, 0.6) is 5.75 Å². The van der Waals surface area contributed by atoms with Crippen molar-refractivity contribution in [2.45, 2.75) is 19.0 Å². The molecule has 1 N–H and O–H groups in total. The van der Waals surface area contributed by atoms with E-state index in [1.807, 2.05) is 0 Å². The third kappa shape index (κ3) is 5.19. The molecule has 2 aromatic carbocycles. The molecule has 2 aromatic rings. The Morgan fingerprint density at radius 2 is 1.88 bits per heavy atom. The molecule has 0 aliphatic heterocycles. The Balaban J connectivity index is 2.01. The van der Waals surface area contributed by atoms with Crippen molar-refractivity contribution < 1.29 is 31.8 Å². The summed E-state index contributed by atoms with van der Waals surface area (Å²) >= 11 is 0. The van der Waals surface area contributed by atoms with E-state index in [0.717, 1.165) is 0 Å². The topological polar surface area (TPSA) is 47.6 Å². The van der Waals surface area contributed by atoms with Crippen molar-refractivity contribution in [3.05, 3.63) is 59.7 Å². The first-order valence-electron chi connectivity index (χ1n) is 7.60. The Morgan fingerprint density at radius 3 is 2.58 bits per heavy atom. The van der Waals surface area contributed by atoms with E-state index in [-0.39, 0.29) is 12.2 Å². The number of halogens is 4. The van der Waals surface area contributed by atoms with Crippen LogP contribution in [0.4, 0.5) is 23.2 Å². The van der Waals surface area contributed by atoms with Crippen molar-refractivity contribution in [1.29, 1.82) is 0 Å². The number of alkyl halides is 4. The number of nitrogens with one attached hydrogen (secondary N) is 1. The van der Waals surface area contributed by atoms with Crippen LogP contribution in [0.3, 0.4) is 0 Å². The van der Waals surface area contributed by atoms with Crippen molar-refractivity contribution >= 4 is 11.6 Å². The Kier molecular flexibility index (Phi) is 6.57. The lowest BCUT2D eigenvalue weighted by atomic mass is 10.1. The Labute approximate surface area is 147 Å². The molecule has 0 saturated heterocycles. The van der Waals surface area contributed by atoms with Gasteiger partial charge >= 0.3 is 12.3 Å². The zero-order valence-corrected chi connectivity index (χ0v) is 13.8. The van der Waals surface area contributed by atoms with Crippen LogP contribution in [0.1, 0.15) is 15.9 Å². The number of rotatable bonds is 8. The highest BCUT2D eigenvalue weighted by Gasteiger charge is 2.40. The first-order chi connectivity index (χ1) is 12.3. The van der Waals surface area contributed by atoms with Crippen LogP contribution in [0.15, 0.2) is 48.5 Å². The fourth-order valence-corrected chi connectivity index (χ4v) is 2.11. The molecule has 8 heteroatoms. The van der Waals surface area contributed by atoms with Crippen LogP contribution in [0, 0.1) is 0 Å². The Morgan fingerprint density at radius 1 is 1.15 bits per heavy atom. The molecule has 140 valence electrons. The summed E-state index contributed by atoms with van der Waals surface area (Å²) in [5.41, 5.74) is 1.14. The molecule has 0 aliphatic carbocycles. The summed E-state index contributed by atoms with van der Waals surface area (Å²) in [4.78, 5) is 12.3. The lowest BCUT2D eigenvalue weighted by molar-refractivity contribution is -0.168. The summed E-state index contributed by atoms with van der Waals surface area (Å²) in [5, 5.41) is 2.68. The van der Waals surface area contributed by atoms with E-state index in [0.29, 0.717) is 17.0 Å². The van der Waals surface area contributed by atoms with E-state index in [1.54, 1.807) is 36.4 Å². The van der Waals surface area contributed by atoms with Crippen LogP contribution in [0.25, 0.3) is 0 Å². The van der Waals surface area contributed by atoms with E-state index < -0.39 is 24.9 Å². The van der Waals surface area contributed by atoms with Crippen LogP contribution < -0.4 is 10.1 Å². The van der Waals surface area contributed by atoms with Gasteiger partial charge in [0.15, 0.2) is 0 Å².